The molecule has 1 amide bonds. The fraction of sp³-hybridized carbons (Fsp3) is 0.231. The SMILES string of the molecule is COc1ccc(C2CC(c3cccc4ccccc34)=NN2C2=NC(=O)C(CC(=O)O)S2)cc1OC. The highest BCUT2D eigenvalue weighted by atomic mass is 32.2. The lowest BCUT2D eigenvalue weighted by Gasteiger charge is -2.23. The number of nitrogens with zero attached hydrogens (tertiary/aromatic N) is 3. The standard InChI is InChI=1S/C26H23N3O5S/c1-33-21-11-10-16(12-22(21)34-2)20-13-19(18-9-5-7-15-6-3-4-8-17(15)18)28-29(20)26-27-25(32)23(35-26)14-24(30)31/h3-12,20,23H,13-14H2,1-2H3,(H,30,31). The van der Waals surface area contributed by atoms with Crippen LogP contribution in [-0.4, -0.2) is 52.3 Å². The zero-order valence-electron chi connectivity index (χ0n) is 19.2. The second kappa shape index (κ2) is 9.42. The Morgan fingerprint density at radius 1 is 1.09 bits per heavy atom. The van der Waals surface area contributed by atoms with Crippen LogP contribution in [0.5, 0.6) is 11.5 Å². The van der Waals surface area contributed by atoms with Gasteiger partial charge in [0.1, 0.15) is 5.25 Å². The molecule has 2 unspecified atom stereocenters. The first kappa shape index (κ1) is 22.9. The summed E-state index contributed by atoms with van der Waals surface area (Å²) in [6.07, 6.45) is 0.284. The maximum Gasteiger partial charge on any atom is 0.305 e. The molecule has 8 nitrogen and oxygen atoms in total. The molecule has 2 aliphatic rings. The molecule has 0 saturated carbocycles. The van der Waals surface area contributed by atoms with E-state index in [1.807, 2.05) is 42.5 Å². The number of carbonyl (C=O) groups is 2. The molecule has 0 saturated heterocycles. The normalized spacial score (nSPS) is 19.6. The number of hydrazone groups is 1. The minimum absolute atomic E-state index is 0.258. The summed E-state index contributed by atoms with van der Waals surface area (Å²) in [6, 6.07) is 19.6. The number of carbonyl (C=O) groups excluding carboxylic acids is 1. The van der Waals surface area contributed by atoms with Crippen LogP contribution in [-0.2, 0) is 9.59 Å². The first-order valence-electron chi connectivity index (χ1n) is 11.1. The number of carboxylic acid groups (broad SMARTS) is 1. The van der Waals surface area contributed by atoms with Gasteiger partial charge >= 0.3 is 5.97 Å². The molecule has 5 rings (SSSR count). The van der Waals surface area contributed by atoms with Crippen LogP contribution >= 0.6 is 11.8 Å². The van der Waals surface area contributed by atoms with Crippen LogP contribution < -0.4 is 9.47 Å². The van der Waals surface area contributed by atoms with Gasteiger partial charge in [0, 0.05) is 12.0 Å². The summed E-state index contributed by atoms with van der Waals surface area (Å²) in [7, 11) is 3.16. The summed E-state index contributed by atoms with van der Waals surface area (Å²) in [4.78, 5) is 27.9. The molecule has 0 radical (unpaired) electrons. The molecule has 0 aliphatic carbocycles. The highest BCUT2D eigenvalue weighted by molar-refractivity contribution is 8.15. The lowest BCUT2D eigenvalue weighted by molar-refractivity contribution is -0.138. The number of amides is 1. The van der Waals surface area contributed by atoms with Crippen molar-refractivity contribution < 1.29 is 24.2 Å². The molecule has 0 bridgehead atoms. The number of aliphatic carboxylic acids is 1. The highest BCUT2D eigenvalue weighted by Crippen LogP contribution is 2.41. The molecule has 1 N–H and O–H groups in total. The minimum atomic E-state index is -1.04. The molecular formula is C26H23N3O5S. The summed E-state index contributed by atoms with van der Waals surface area (Å²) in [6.45, 7) is 0. The molecule has 35 heavy (non-hydrogen) atoms. The van der Waals surface area contributed by atoms with Crippen molar-refractivity contribution in [1.82, 2.24) is 5.01 Å². The summed E-state index contributed by atoms with van der Waals surface area (Å²) in [5.41, 5.74) is 2.78. The van der Waals surface area contributed by atoms with Crippen molar-refractivity contribution in [3.8, 4) is 11.5 Å². The van der Waals surface area contributed by atoms with E-state index in [4.69, 9.17) is 14.6 Å². The van der Waals surface area contributed by atoms with Gasteiger partial charge in [-0.15, -0.1) is 0 Å². The molecule has 2 aliphatic heterocycles. The number of ether oxygens (including phenoxy) is 2. The quantitative estimate of drug-likeness (QED) is 0.545. The number of methoxy groups -OCH3 is 2. The number of carboxylic acids is 1. The third-order valence-corrected chi connectivity index (χ3v) is 7.23. The Hall–Kier alpha value is -3.85. The van der Waals surface area contributed by atoms with Gasteiger partial charge in [0.2, 0.25) is 0 Å². The van der Waals surface area contributed by atoms with Gasteiger partial charge in [-0.25, -0.2) is 5.01 Å². The van der Waals surface area contributed by atoms with Crippen molar-refractivity contribution in [1.29, 1.82) is 0 Å². The van der Waals surface area contributed by atoms with Gasteiger partial charge < -0.3 is 14.6 Å². The first-order chi connectivity index (χ1) is 17.0. The number of amidine groups is 1. The van der Waals surface area contributed by atoms with Crippen LogP contribution in [0.4, 0.5) is 0 Å². The molecule has 9 heteroatoms. The number of fused-ring (bicyclic) bond motifs is 1. The highest BCUT2D eigenvalue weighted by Gasteiger charge is 2.39. The fourth-order valence-electron chi connectivity index (χ4n) is 4.41. The van der Waals surface area contributed by atoms with Crippen molar-refractivity contribution in [2.75, 3.05) is 14.2 Å². The van der Waals surface area contributed by atoms with Crippen molar-refractivity contribution in [3.05, 3.63) is 71.8 Å². The Bertz CT molecular complexity index is 1380. The van der Waals surface area contributed by atoms with E-state index in [0.717, 1.165) is 39.4 Å². The zero-order chi connectivity index (χ0) is 24.5. The predicted molar refractivity (Wildman–Crippen MR) is 135 cm³/mol. The van der Waals surface area contributed by atoms with Crippen LogP contribution in [0.3, 0.4) is 0 Å². The molecular weight excluding hydrogens is 466 g/mol. The third kappa shape index (κ3) is 4.35. The minimum Gasteiger partial charge on any atom is -0.493 e. The molecule has 2 heterocycles. The van der Waals surface area contributed by atoms with Gasteiger partial charge in [0.05, 0.1) is 32.4 Å². The Morgan fingerprint density at radius 3 is 2.63 bits per heavy atom. The van der Waals surface area contributed by atoms with Crippen LogP contribution in [0, 0.1) is 0 Å². The fourth-order valence-corrected chi connectivity index (χ4v) is 5.46. The number of thioether (sulfide) groups is 1. The van der Waals surface area contributed by atoms with Gasteiger partial charge in [0.25, 0.3) is 5.91 Å². The van der Waals surface area contributed by atoms with E-state index in [2.05, 4.69) is 23.2 Å². The predicted octanol–water partition coefficient (Wildman–Crippen LogP) is 4.48. The van der Waals surface area contributed by atoms with Gasteiger partial charge in [0.15, 0.2) is 16.7 Å². The molecule has 0 spiro atoms. The Morgan fingerprint density at radius 2 is 1.86 bits per heavy atom. The van der Waals surface area contributed by atoms with Crippen molar-refractivity contribution in [2.45, 2.75) is 24.1 Å². The second-order valence-electron chi connectivity index (χ2n) is 8.19. The average Bonchev–Trinajstić information content (AvgIpc) is 3.46. The van der Waals surface area contributed by atoms with Crippen molar-refractivity contribution in [2.24, 2.45) is 10.1 Å². The summed E-state index contributed by atoms with van der Waals surface area (Å²) < 4.78 is 10.9. The van der Waals surface area contributed by atoms with E-state index in [0.29, 0.717) is 23.1 Å². The second-order valence-corrected chi connectivity index (χ2v) is 9.36. The summed E-state index contributed by atoms with van der Waals surface area (Å²) >= 11 is 1.14. The average molecular weight is 490 g/mol. The molecule has 0 fully saturated rings. The summed E-state index contributed by atoms with van der Waals surface area (Å²) in [5.74, 6) is -0.290. The van der Waals surface area contributed by atoms with E-state index in [-0.39, 0.29) is 12.5 Å². The van der Waals surface area contributed by atoms with Gasteiger partial charge in [-0.05, 0) is 28.5 Å². The zero-order valence-corrected chi connectivity index (χ0v) is 20.0. The molecule has 3 aromatic rings. The van der Waals surface area contributed by atoms with Crippen LogP contribution in [0.1, 0.15) is 30.0 Å². The van der Waals surface area contributed by atoms with Crippen LogP contribution in [0.2, 0.25) is 0 Å². The number of hydrogen-bond donors (Lipinski definition) is 1. The monoisotopic (exact) mass is 489 g/mol. The van der Waals surface area contributed by atoms with Crippen molar-refractivity contribution in [3.63, 3.8) is 0 Å². The maximum absolute atomic E-state index is 12.4. The Balaban J connectivity index is 1.57. The van der Waals surface area contributed by atoms with Crippen LogP contribution in [0.15, 0.2) is 70.8 Å². The maximum atomic E-state index is 12.4. The molecule has 3 aromatic carbocycles. The lowest BCUT2D eigenvalue weighted by Crippen LogP contribution is -2.24. The molecule has 178 valence electrons. The van der Waals surface area contributed by atoms with E-state index >= 15 is 0 Å². The first-order valence-corrected chi connectivity index (χ1v) is 11.9. The van der Waals surface area contributed by atoms with Gasteiger partial charge in [-0.3, -0.25) is 9.59 Å². The molecule has 2 atom stereocenters. The lowest BCUT2D eigenvalue weighted by atomic mass is 9.95. The number of benzene rings is 3. The van der Waals surface area contributed by atoms with Gasteiger partial charge in [-0.1, -0.05) is 60.3 Å². The summed E-state index contributed by atoms with van der Waals surface area (Å²) in [5, 5.41) is 17.7. The number of hydrogen-bond acceptors (Lipinski definition) is 7. The van der Waals surface area contributed by atoms with Gasteiger partial charge in [-0.2, -0.15) is 10.1 Å². The smallest absolute Gasteiger partial charge is 0.305 e. The number of aliphatic imine (C=N–C) groups is 1. The number of rotatable bonds is 6. The Kier molecular flexibility index (Phi) is 6.17. The van der Waals surface area contributed by atoms with E-state index in [9.17, 15) is 14.7 Å². The van der Waals surface area contributed by atoms with E-state index < -0.39 is 17.1 Å². The largest absolute Gasteiger partial charge is 0.493 e. The van der Waals surface area contributed by atoms with E-state index in [1.165, 1.54) is 0 Å². The van der Waals surface area contributed by atoms with E-state index in [1.54, 1.807) is 19.2 Å². The third-order valence-electron chi connectivity index (χ3n) is 6.09. The Labute approximate surface area is 206 Å². The topological polar surface area (TPSA) is 101 Å². The van der Waals surface area contributed by atoms with Crippen LogP contribution in [0.25, 0.3) is 10.8 Å². The van der Waals surface area contributed by atoms with Crippen molar-refractivity contribution >= 4 is 45.3 Å². The molecule has 0 aromatic heterocycles.